The number of likely N-dealkylation sites (N-methyl/N-ethyl adjacent to an activating group) is 1. The Kier molecular flexibility index (Phi) is 6.32. The molecule has 0 aromatic heterocycles. The van der Waals surface area contributed by atoms with Crippen molar-refractivity contribution in [1.29, 1.82) is 0 Å². The van der Waals surface area contributed by atoms with E-state index in [2.05, 4.69) is 19.0 Å². The predicted octanol–water partition coefficient (Wildman–Crippen LogP) is -0.341. The number of carboxylic acid groups (broad SMARTS) is 2. The Morgan fingerprint density at radius 3 is 1.87 bits per heavy atom. The van der Waals surface area contributed by atoms with Crippen LogP contribution < -0.4 is 0 Å². The Labute approximate surface area is 87.8 Å². The highest BCUT2D eigenvalue weighted by atomic mass is 16.6. The molecule has 1 saturated heterocycles. The molecule has 1 unspecified atom stereocenters. The van der Waals surface area contributed by atoms with E-state index in [1.807, 2.05) is 0 Å². The van der Waals surface area contributed by atoms with Gasteiger partial charge in [-0.1, -0.05) is 0 Å². The largest absolute Gasteiger partial charge is 0.478 e. The molecule has 15 heavy (non-hydrogen) atoms. The van der Waals surface area contributed by atoms with E-state index < -0.39 is 11.9 Å². The average molecular weight is 217 g/mol. The highest BCUT2D eigenvalue weighted by Crippen LogP contribution is 2.07. The van der Waals surface area contributed by atoms with Gasteiger partial charge in [0.2, 0.25) is 0 Å². The van der Waals surface area contributed by atoms with Gasteiger partial charge < -0.3 is 19.8 Å². The molecule has 1 heterocycles. The molecule has 0 aromatic carbocycles. The predicted molar refractivity (Wildman–Crippen MR) is 52.7 cm³/mol. The Balaban J connectivity index is 0.000000262. The van der Waals surface area contributed by atoms with Crippen LogP contribution in [-0.4, -0.2) is 60.4 Å². The number of epoxide rings is 1. The summed E-state index contributed by atoms with van der Waals surface area (Å²) < 4.78 is 4.98. The third kappa shape index (κ3) is 12.6. The highest BCUT2D eigenvalue weighted by Gasteiger charge is 2.22. The molecule has 1 aliphatic rings. The molecule has 6 nitrogen and oxygen atoms in total. The number of carbonyl (C=O) groups is 2. The van der Waals surface area contributed by atoms with Crippen molar-refractivity contribution < 1.29 is 24.5 Å². The molecular weight excluding hydrogens is 202 g/mol. The smallest absolute Gasteiger partial charge is 0.328 e. The lowest BCUT2D eigenvalue weighted by atomic mass is 10.5. The summed E-state index contributed by atoms with van der Waals surface area (Å²) in [5.41, 5.74) is 0. The number of hydrogen-bond donors (Lipinski definition) is 2. The van der Waals surface area contributed by atoms with Gasteiger partial charge in [-0.3, -0.25) is 0 Å². The van der Waals surface area contributed by atoms with Crippen LogP contribution in [0.15, 0.2) is 12.2 Å². The van der Waals surface area contributed by atoms with Crippen molar-refractivity contribution in [3.8, 4) is 0 Å². The van der Waals surface area contributed by atoms with Gasteiger partial charge in [0.1, 0.15) is 0 Å². The average Bonchev–Trinajstić information content (AvgIpc) is 2.84. The van der Waals surface area contributed by atoms with Gasteiger partial charge in [-0.2, -0.15) is 0 Å². The van der Waals surface area contributed by atoms with Crippen LogP contribution in [0.4, 0.5) is 0 Å². The van der Waals surface area contributed by atoms with Crippen LogP contribution in [0.1, 0.15) is 0 Å². The van der Waals surface area contributed by atoms with Gasteiger partial charge in [-0.15, -0.1) is 0 Å². The molecule has 0 aliphatic carbocycles. The van der Waals surface area contributed by atoms with Gasteiger partial charge in [0.15, 0.2) is 0 Å². The quantitative estimate of drug-likeness (QED) is 0.494. The third-order valence-electron chi connectivity index (χ3n) is 1.34. The normalized spacial score (nSPS) is 18.5. The summed E-state index contributed by atoms with van der Waals surface area (Å²) >= 11 is 0. The second kappa shape index (κ2) is 6.97. The first kappa shape index (κ1) is 13.6. The zero-order valence-electron chi connectivity index (χ0n) is 8.71. The van der Waals surface area contributed by atoms with Crippen molar-refractivity contribution in [2.75, 3.05) is 27.2 Å². The van der Waals surface area contributed by atoms with E-state index >= 15 is 0 Å². The maximum Gasteiger partial charge on any atom is 0.328 e. The molecule has 0 spiro atoms. The Hall–Kier alpha value is -1.40. The van der Waals surface area contributed by atoms with Crippen LogP contribution in [0.5, 0.6) is 0 Å². The van der Waals surface area contributed by atoms with Gasteiger partial charge in [-0.25, -0.2) is 9.59 Å². The molecule has 0 saturated carbocycles. The topological polar surface area (TPSA) is 90.4 Å². The molecule has 2 N–H and O–H groups in total. The van der Waals surface area contributed by atoms with E-state index in [9.17, 15) is 9.59 Å². The standard InChI is InChI=1S/C5H11NO.C4H4O4/c1-6(2)3-5-4-7-5;5-3(6)1-2-4(7)8/h5H,3-4H2,1-2H3;1-2H,(H,5,6)(H,7,8). The summed E-state index contributed by atoms with van der Waals surface area (Å²) in [5, 5.41) is 15.6. The minimum absolute atomic E-state index is 0.551. The molecule has 0 aromatic rings. The molecule has 1 aliphatic heterocycles. The molecule has 6 heteroatoms. The second-order valence-corrected chi connectivity index (χ2v) is 3.23. The van der Waals surface area contributed by atoms with Crippen LogP contribution in [0, 0.1) is 0 Å². The van der Waals surface area contributed by atoms with Crippen molar-refractivity contribution in [2.45, 2.75) is 6.10 Å². The van der Waals surface area contributed by atoms with E-state index in [-0.39, 0.29) is 0 Å². The van der Waals surface area contributed by atoms with E-state index in [4.69, 9.17) is 14.9 Å². The van der Waals surface area contributed by atoms with Crippen LogP contribution in [0.3, 0.4) is 0 Å². The summed E-state index contributed by atoms with van der Waals surface area (Å²) in [5.74, 6) is -2.51. The summed E-state index contributed by atoms with van der Waals surface area (Å²) in [4.78, 5) is 21.2. The van der Waals surface area contributed by atoms with Gasteiger partial charge >= 0.3 is 11.9 Å². The fraction of sp³-hybridized carbons (Fsp3) is 0.556. The monoisotopic (exact) mass is 217 g/mol. The summed E-state index contributed by atoms with van der Waals surface area (Å²) in [6.07, 6.45) is 1.67. The highest BCUT2D eigenvalue weighted by molar-refractivity contribution is 5.89. The van der Waals surface area contributed by atoms with Crippen molar-refractivity contribution in [3.63, 3.8) is 0 Å². The molecular formula is C9H15NO5. The van der Waals surface area contributed by atoms with Crippen molar-refractivity contribution in [2.24, 2.45) is 0 Å². The van der Waals surface area contributed by atoms with E-state index in [0.717, 1.165) is 13.2 Å². The Morgan fingerprint density at radius 2 is 1.73 bits per heavy atom. The molecule has 1 rings (SSSR count). The number of aliphatic carboxylic acids is 2. The maximum atomic E-state index is 9.55. The van der Waals surface area contributed by atoms with Crippen LogP contribution in [0.25, 0.3) is 0 Å². The summed E-state index contributed by atoms with van der Waals surface area (Å²) in [7, 11) is 4.11. The minimum atomic E-state index is -1.26. The number of ether oxygens (including phenoxy) is 1. The maximum absolute atomic E-state index is 9.55. The SMILES string of the molecule is CN(C)CC1CO1.O=C(O)C=CC(=O)O. The Morgan fingerprint density at radius 1 is 1.33 bits per heavy atom. The van der Waals surface area contributed by atoms with E-state index in [1.54, 1.807) is 0 Å². The van der Waals surface area contributed by atoms with E-state index in [1.165, 1.54) is 0 Å². The fourth-order valence-electron chi connectivity index (χ4n) is 0.723. The first-order valence-corrected chi connectivity index (χ1v) is 4.32. The van der Waals surface area contributed by atoms with E-state index in [0.29, 0.717) is 18.3 Å². The first-order chi connectivity index (χ1) is 6.91. The lowest BCUT2D eigenvalue weighted by molar-refractivity contribution is -0.134. The Bertz CT molecular complexity index is 229. The summed E-state index contributed by atoms with van der Waals surface area (Å²) in [6.45, 7) is 2.05. The lowest BCUT2D eigenvalue weighted by Crippen LogP contribution is -2.17. The number of hydrogen-bond acceptors (Lipinski definition) is 4. The fourth-order valence-corrected chi connectivity index (χ4v) is 0.723. The van der Waals surface area contributed by atoms with Crippen molar-refractivity contribution in [1.82, 2.24) is 4.90 Å². The molecule has 1 atom stereocenters. The molecule has 0 bridgehead atoms. The molecule has 1 fully saturated rings. The zero-order valence-corrected chi connectivity index (χ0v) is 8.71. The number of rotatable bonds is 4. The molecule has 0 amide bonds. The first-order valence-electron chi connectivity index (χ1n) is 4.32. The minimum Gasteiger partial charge on any atom is -0.478 e. The molecule has 0 radical (unpaired) electrons. The van der Waals surface area contributed by atoms with Crippen LogP contribution in [0.2, 0.25) is 0 Å². The summed E-state index contributed by atoms with van der Waals surface area (Å²) in [6, 6.07) is 0. The van der Waals surface area contributed by atoms with Gasteiger partial charge in [0.05, 0.1) is 12.7 Å². The second-order valence-electron chi connectivity index (χ2n) is 3.23. The van der Waals surface area contributed by atoms with Gasteiger partial charge in [0.25, 0.3) is 0 Å². The van der Waals surface area contributed by atoms with Crippen molar-refractivity contribution in [3.05, 3.63) is 12.2 Å². The van der Waals surface area contributed by atoms with Gasteiger partial charge in [-0.05, 0) is 14.1 Å². The number of nitrogens with zero attached hydrogens (tertiary/aromatic N) is 1. The van der Waals surface area contributed by atoms with Crippen LogP contribution in [-0.2, 0) is 14.3 Å². The number of carboxylic acids is 2. The molecule has 86 valence electrons. The van der Waals surface area contributed by atoms with Gasteiger partial charge in [0, 0.05) is 18.7 Å². The lowest BCUT2D eigenvalue weighted by Gasteiger charge is -2.03. The van der Waals surface area contributed by atoms with Crippen molar-refractivity contribution >= 4 is 11.9 Å². The third-order valence-corrected chi connectivity index (χ3v) is 1.34. The zero-order chi connectivity index (χ0) is 11.8. The van der Waals surface area contributed by atoms with Crippen LogP contribution >= 0.6 is 0 Å².